The lowest BCUT2D eigenvalue weighted by Crippen LogP contribution is -2.18. The van der Waals surface area contributed by atoms with Crippen molar-refractivity contribution in [2.45, 2.75) is 38.3 Å². The highest BCUT2D eigenvalue weighted by molar-refractivity contribution is 5.89. The average Bonchev–Trinajstić information content (AvgIpc) is 3.45. The maximum Gasteiger partial charge on any atom is 0.336 e. The van der Waals surface area contributed by atoms with Crippen LogP contribution in [0.15, 0.2) is 60.9 Å². The van der Waals surface area contributed by atoms with Gasteiger partial charge in [-0.1, -0.05) is 30.3 Å². The molecular formula is C27H29N3O2. The Hall–Kier alpha value is -3.18. The molecule has 0 unspecified atom stereocenters. The molecule has 1 saturated heterocycles. The Morgan fingerprint density at radius 3 is 2.75 bits per heavy atom. The molecule has 0 bridgehead atoms. The van der Waals surface area contributed by atoms with Crippen LogP contribution in [-0.2, 0) is 13.0 Å². The van der Waals surface area contributed by atoms with E-state index in [9.17, 15) is 9.90 Å². The van der Waals surface area contributed by atoms with E-state index in [0.717, 1.165) is 31.6 Å². The van der Waals surface area contributed by atoms with Crippen LogP contribution in [0.3, 0.4) is 0 Å². The molecule has 1 N–H and O–H groups in total. The highest BCUT2D eigenvalue weighted by Crippen LogP contribution is 2.40. The monoisotopic (exact) mass is 427 g/mol. The largest absolute Gasteiger partial charge is 0.478 e. The summed E-state index contributed by atoms with van der Waals surface area (Å²) < 4.78 is 0. The standard InChI is InChI=1S/C27H29N3O2/c1-29-18-21-16-19(22-6-2-3-7-26(22)30-14-4-5-15-30)8-10-23(21)25(29)11-9-20-17-28-13-12-24(20)27(31)32/h2-3,6-8,10,12-13,16-17,25H,4-5,9,11,14-15,18H2,1H3,(H,31,32)/t25-/m0/s1. The van der Waals surface area contributed by atoms with Gasteiger partial charge in [-0.25, -0.2) is 4.79 Å². The maximum atomic E-state index is 11.5. The van der Waals surface area contributed by atoms with Crippen molar-refractivity contribution in [2.75, 3.05) is 25.0 Å². The van der Waals surface area contributed by atoms with Crippen molar-refractivity contribution in [2.24, 2.45) is 0 Å². The molecule has 2 aromatic carbocycles. The zero-order valence-corrected chi connectivity index (χ0v) is 18.5. The number of carboxylic acids is 1. The van der Waals surface area contributed by atoms with Crippen LogP contribution in [0.2, 0.25) is 0 Å². The molecule has 0 amide bonds. The first-order valence-corrected chi connectivity index (χ1v) is 11.5. The van der Waals surface area contributed by atoms with E-state index in [1.807, 2.05) is 0 Å². The van der Waals surface area contributed by atoms with Gasteiger partial charge in [0.25, 0.3) is 0 Å². The molecule has 0 saturated carbocycles. The van der Waals surface area contributed by atoms with Gasteiger partial charge in [0, 0.05) is 49.3 Å². The first kappa shape index (κ1) is 20.7. The van der Waals surface area contributed by atoms with Crippen LogP contribution in [0.4, 0.5) is 5.69 Å². The quantitative estimate of drug-likeness (QED) is 0.588. The molecular weight excluding hydrogens is 398 g/mol. The molecule has 2 aliphatic heterocycles. The van der Waals surface area contributed by atoms with E-state index in [2.05, 4.69) is 64.3 Å². The fourth-order valence-corrected chi connectivity index (χ4v) is 5.31. The molecule has 5 heteroatoms. The summed E-state index contributed by atoms with van der Waals surface area (Å²) >= 11 is 0. The lowest BCUT2D eigenvalue weighted by Gasteiger charge is -2.22. The number of nitrogens with zero attached hydrogens (tertiary/aromatic N) is 3. The van der Waals surface area contributed by atoms with E-state index >= 15 is 0 Å². The van der Waals surface area contributed by atoms with E-state index in [1.54, 1.807) is 18.5 Å². The summed E-state index contributed by atoms with van der Waals surface area (Å²) in [6.45, 7) is 3.19. The average molecular weight is 428 g/mol. The molecule has 0 spiro atoms. The molecule has 5 rings (SSSR count). The van der Waals surface area contributed by atoms with Gasteiger partial charge in [0.05, 0.1) is 5.56 Å². The molecule has 2 aliphatic rings. The van der Waals surface area contributed by atoms with Crippen molar-refractivity contribution in [1.82, 2.24) is 9.88 Å². The van der Waals surface area contributed by atoms with E-state index in [1.165, 1.54) is 40.8 Å². The molecule has 1 fully saturated rings. The van der Waals surface area contributed by atoms with E-state index in [0.29, 0.717) is 12.0 Å². The second-order valence-corrected chi connectivity index (χ2v) is 8.93. The van der Waals surface area contributed by atoms with Crippen LogP contribution in [0.25, 0.3) is 11.1 Å². The Morgan fingerprint density at radius 2 is 1.94 bits per heavy atom. The summed E-state index contributed by atoms with van der Waals surface area (Å²) in [5.41, 5.74) is 7.82. The molecule has 1 atom stereocenters. The first-order valence-electron chi connectivity index (χ1n) is 11.5. The molecule has 0 aliphatic carbocycles. The van der Waals surface area contributed by atoms with Gasteiger partial charge in [0.2, 0.25) is 0 Å². The van der Waals surface area contributed by atoms with Crippen molar-refractivity contribution >= 4 is 11.7 Å². The summed E-state index contributed by atoms with van der Waals surface area (Å²) in [6.07, 6.45) is 7.35. The summed E-state index contributed by atoms with van der Waals surface area (Å²) in [5, 5.41) is 9.47. The van der Waals surface area contributed by atoms with Crippen molar-refractivity contribution in [3.63, 3.8) is 0 Å². The van der Waals surface area contributed by atoms with Crippen molar-refractivity contribution in [1.29, 1.82) is 0 Å². The molecule has 3 aromatic rings. The van der Waals surface area contributed by atoms with Crippen LogP contribution in [0.1, 0.15) is 52.4 Å². The van der Waals surface area contributed by atoms with Crippen LogP contribution in [0, 0.1) is 0 Å². The number of rotatable bonds is 6. The minimum absolute atomic E-state index is 0.287. The first-order chi connectivity index (χ1) is 15.6. The van der Waals surface area contributed by atoms with Gasteiger partial charge >= 0.3 is 5.97 Å². The number of benzene rings is 2. The summed E-state index contributed by atoms with van der Waals surface area (Å²) in [6, 6.07) is 17.5. The fraction of sp³-hybridized carbons (Fsp3) is 0.333. The highest BCUT2D eigenvalue weighted by Gasteiger charge is 2.28. The van der Waals surface area contributed by atoms with Crippen molar-refractivity contribution in [3.05, 3.63) is 83.2 Å². The van der Waals surface area contributed by atoms with Gasteiger partial charge in [-0.2, -0.15) is 0 Å². The Labute approximate surface area is 189 Å². The Kier molecular flexibility index (Phi) is 5.66. The third-order valence-corrected chi connectivity index (χ3v) is 6.94. The number of hydrogen-bond acceptors (Lipinski definition) is 4. The second kappa shape index (κ2) is 8.75. The molecule has 1 aromatic heterocycles. The number of carboxylic acid groups (broad SMARTS) is 1. The SMILES string of the molecule is CN1Cc2cc(-c3ccccc3N3CCCC3)ccc2[C@@H]1CCc1cnccc1C(=O)O. The highest BCUT2D eigenvalue weighted by atomic mass is 16.4. The predicted molar refractivity (Wildman–Crippen MR) is 127 cm³/mol. The van der Waals surface area contributed by atoms with Gasteiger partial charge in [-0.3, -0.25) is 9.88 Å². The van der Waals surface area contributed by atoms with Gasteiger partial charge in [0.15, 0.2) is 0 Å². The van der Waals surface area contributed by atoms with Gasteiger partial charge in [-0.05, 0) is 73.2 Å². The van der Waals surface area contributed by atoms with Crippen molar-refractivity contribution in [3.8, 4) is 11.1 Å². The molecule has 5 nitrogen and oxygen atoms in total. The lowest BCUT2D eigenvalue weighted by atomic mass is 9.94. The lowest BCUT2D eigenvalue weighted by molar-refractivity contribution is 0.0695. The fourth-order valence-electron chi connectivity index (χ4n) is 5.31. The van der Waals surface area contributed by atoms with E-state index in [4.69, 9.17) is 0 Å². The van der Waals surface area contributed by atoms with Crippen LogP contribution < -0.4 is 4.90 Å². The smallest absolute Gasteiger partial charge is 0.336 e. The van der Waals surface area contributed by atoms with Crippen LogP contribution in [-0.4, -0.2) is 41.1 Å². The minimum Gasteiger partial charge on any atom is -0.478 e. The normalized spacial score (nSPS) is 18.2. The van der Waals surface area contributed by atoms with Gasteiger partial charge < -0.3 is 10.0 Å². The maximum absolute atomic E-state index is 11.5. The summed E-state index contributed by atoms with van der Waals surface area (Å²) in [4.78, 5) is 20.6. The van der Waals surface area contributed by atoms with Crippen LogP contribution >= 0.6 is 0 Å². The number of fused-ring (bicyclic) bond motifs is 1. The predicted octanol–water partition coefficient (Wildman–Crippen LogP) is 5.17. The number of anilines is 1. The number of aromatic carboxylic acids is 1. The molecule has 164 valence electrons. The zero-order valence-electron chi connectivity index (χ0n) is 18.5. The van der Waals surface area contributed by atoms with Crippen LogP contribution in [0.5, 0.6) is 0 Å². The number of aryl methyl sites for hydroxylation is 1. The van der Waals surface area contributed by atoms with Crippen molar-refractivity contribution < 1.29 is 9.90 Å². The summed E-state index contributed by atoms with van der Waals surface area (Å²) in [7, 11) is 2.16. The molecule has 32 heavy (non-hydrogen) atoms. The van der Waals surface area contributed by atoms with E-state index < -0.39 is 5.97 Å². The number of pyridine rings is 1. The van der Waals surface area contributed by atoms with Gasteiger partial charge in [-0.15, -0.1) is 0 Å². The third kappa shape index (κ3) is 3.89. The minimum atomic E-state index is -0.885. The molecule has 0 radical (unpaired) electrons. The number of para-hydroxylation sites is 1. The Bertz CT molecular complexity index is 1140. The zero-order chi connectivity index (χ0) is 22.1. The molecule has 3 heterocycles. The summed E-state index contributed by atoms with van der Waals surface area (Å²) in [5.74, 6) is -0.885. The topological polar surface area (TPSA) is 56.7 Å². The number of carbonyl (C=O) groups is 1. The third-order valence-electron chi connectivity index (χ3n) is 6.94. The Balaban J connectivity index is 1.39. The van der Waals surface area contributed by atoms with Gasteiger partial charge in [0.1, 0.15) is 0 Å². The number of aromatic nitrogens is 1. The Morgan fingerprint density at radius 1 is 1.12 bits per heavy atom. The number of hydrogen-bond donors (Lipinski definition) is 1. The van der Waals surface area contributed by atoms with E-state index in [-0.39, 0.29) is 6.04 Å². The second-order valence-electron chi connectivity index (χ2n) is 8.93.